The molecule has 1 heterocycles. The van der Waals surface area contributed by atoms with Crippen LogP contribution >= 0.6 is 0 Å². The van der Waals surface area contributed by atoms with E-state index in [-0.39, 0.29) is 6.61 Å². The van der Waals surface area contributed by atoms with Crippen LogP contribution in [0.15, 0.2) is 12.1 Å². The molecule has 0 aromatic carbocycles. The minimum atomic E-state index is 0.0348. The van der Waals surface area contributed by atoms with Crippen LogP contribution in [0.3, 0.4) is 0 Å². The molecule has 0 saturated heterocycles. The minimum Gasteiger partial charge on any atom is -0.396 e. The summed E-state index contributed by atoms with van der Waals surface area (Å²) in [7, 11) is 0. The van der Waals surface area contributed by atoms with Gasteiger partial charge < -0.3 is 26.6 Å². The molecule has 15 heavy (non-hydrogen) atoms. The van der Waals surface area contributed by atoms with E-state index in [1.54, 1.807) is 12.1 Å². The first-order valence-electron chi connectivity index (χ1n) is 4.68. The molecule has 0 unspecified atom stereocenters. The van der Waals surface area contributed by atoms with Crippen LogP contribution in [-0.2, 0) is 4.74 Å². The summed E-state index contributed by atoms with van der Waals surface area (Å²) in [6.45, 7) is 1.49. The maximum atomic E-state index is 8.46. The first kappa shape index (κ1) is 11.5. The minimum absolute atomic E-state index is 0.0348. The maximum absolute atomic E-state index is 8.46. The summed E-state index contributed by atoms with van der Waals surface area (Å²) in [5, 5.41) is 11.5. The Bertz CT molecular complexity index is 306. The van der Waals surface area contributed by atoms with Crippen molar-refractivity contribution in [3.63, 3.8) is 0 Å². The second kappa shape index (κ2) is 6.05. The number of anilines is 3. The van der Waals surface area contributed by atoms with Gasteiger partial charge in [-0.25, -0.2) is 4.98 Å². The number of nitrogen functional groups attached to an aromatic ring is 2. The zero-order valence-electron chi connectivity index (χ0n) is 8.44. The summed E-state index contributed by atoms with van der Waals surface area (Å²) < 4.78 is 5.06. The summed E-state index contributed by atoms with van der Waals surface area (Å²) in [4.78, 5) is 4.03. The summed E-state index contributed by atoms with van der Waals surface area (Å²) in [6.07, 6.45) is 0. The molecule has 0 fully saturated rings. The zero-order valence-corrected chi connectivity index (χ0v) is 8.44. The van der Waals surface area contributed by atoms with Gasteiger partial charge in [0.1, 0.15) is 11.6 Å². The molecule has 0 saturated carbocycles. The molecule has 6 nitrogen and oxygen atoms in total. The number of ether oxygens (including phenoxy) is 1. The SMILES string of the molecule is Nc1ccc(NCCOCCO)nc1N. The highest BCUT2D eigenvalue weighted by molar-refractivity contribution is 5.61. The number of hydrogen-bond acceptors (Lipinski definition) is 6. The monoisotopic (exact) mass is 212 g/mol. The predicted molar refractivity (Wildman–Crippen MR) is 59.5 cm³/mol. The lowest BCUT2D eigenvalue weighted by Crippen LogP contribution is -2.12. The molecule has 0 aliphatic rings. The van der Waals surface area contributed by atoms with Crippen molar-refractivity contribution >= 4 is 17.3 Å². The van der Waals surface area contributed by atoms with Crippen LogP contribution in [0.1, 0.15) is 0 Å². The van der Waals surface area contributed by atoms with E-state index in [0.29, 0.717) is 37.1 Å². The Morgan fingerprint density at radius 2 is 2.13 bits per heavy atom. The fourth-order valence-corrected chi connectivity index (χ4v) is 1.00. The predicted octanol–water partition coefficient (Wildman–Crippen LogP) is -0.333. The molecule has 0 radical (unpaired) electrons. The van der Waals surface area contributed by atoms with Gasteiger partial charge in [-0.1, -0.05) is 0 Å². The molecule has 84 valence electrons. The Hall–Kier alpha value is -1.53. The highest BCUT2D eigenvalue weighted by Gasteiger charge is 1.97. The normalized spacial score (nSPS) is 10.2. The van der Waals surface area contributed by atoms with Gasteiger partial charge in [0.2, 0.25) is 0 Å². The van der Waals surface area contributed by atoms with Crippen LogP contribution in [0, 0.1) is 0 Å². The molecule has 0 spiro atoms. The van der Waals surface area contributed by atoms with E-state index >= 15 is 0 Å². The third-order valence-corrected chi connectivity index (χ3v) is 1.75. The lowest BCUT2D eigenvalue weighted by atomic mass is 10.4. The lowest BCUT2D eigenvalue weighted by molar-refractivity contribution is 0.0992. The fraction of sp³-hybridized carbons (Fsp3) is 0.444. The summed E-state index contributed by atoms with van der Waals surface area (Å²) in [5.41, 5.74) is 11.5. The quantitative estimate of drug-likeness (QED) is 0.481. The van der Waals surface area contributed by atoms with E-state index in [9.17, 15) is 0 Å². The maximum Gasteiger partial charge on any atom is 0.149 e. The van der Waals surface area contributed by atoms with Crippen LogP contribution in [0.4, 0.5) is 17.3 Å². The van der Waals surface area contributed by atoms with Crippen molar-refractivity contribution in [2.75, 3.05) is 43.1 Å². The Kier molecular flexibility index (Phi) is 4.65. The number of nitrogens with one attached hydrogen (secondary N) is 1. The molecule has 6 heteroatoms. The van der Waals surface area contributed by atoms with Gasteiger partial charge in [-0.05, 0) is 12.1 Å². The Balaban J connectivity index is 2.28. The van der Waals surface area contributed by atoms with Crippen molar-refractivity contribution in [1.82, 2.24) is 4.98 Å². The number of nitrogens with zero attached hydrogens (tertiary/aromatic N) is 1. The number of aliphatic hydroxyl groups is 1. The molecule has 1 aromatic heterocycles. The Morgan fingerprint density at radius 3 is 2.80 bits per heavy atom. The van der Waals surface area contributed by atoms with Crippen molar-refractivity contribution < 1.29 is 9.84 Å². The number of pyridine rings is 1. The van der Waals surface area contributed by atoms with Gasteiger partial charge in [-0.3, -0.25) is 0 Å². The van der Waals surface area contributed by atoms with Crippen molar-refractivity contribution in [1.29, 1.82) is 0 Å². The van der Waals surface area contributed by atoms with Gasteiger partial charge in [-0.2, -0.15) is 0 Å². The van der Waals surface area contributed by atoms with Crippen LogP contribution in [0.5, 0.6) is 0 Å². The molecule has 0 bridgehead atoms. The lowest BCUT2D eigenvalue weighted by Gasteiger charge is -2.07. The highest BCUT2D eigenvalue weighted by Crippen LogP contribution is 2.13. The number of rotatable bonds is 6. The molecular weight excluding hydrogens is 196 g/mol. The third kappa shape index (κ3) is 4.01. The van der Waals surface area contributed by atoms with E-state index in [0.717, 1.165) is 0 Å². The molecule has 0 atom stereocenters. The molecule has 0 amide bonds. The topological polar surface area (TPSA) is 106 Å². The molecule has 0 aliphatic heterocycles. The van der Waals surface area contributed by atoms with Gasteiger partial charge in [0, 0.05) is 6.54 Å². The smallest absolute Gasteiger partial charge is 0.149 e. The molecule has 0 aliphatic carbocycles. The average molecular weight is 212 g/mol. The van der Waals surface area contributed by atoms with E-state index in [2.05, 4.69) is 10.3 Å². The van der Waals surface area contributed by atoms with Crippen molar-refractivity contribution in [3.8, 4) is 0 Å². The molecule has 6 N–H and O–H groups in total. The second-order valence-electron chi connectivity index (χ2n) is 2.93. The van der Waals surface area contributed by atoms with Gasteiger partial charge in [0.05, 0.1) is 25.5 Å². The summed E-state index contributed by atoms with van der Waals surface area (Å²) in [5.74, 6) is 0.977. The van der Waals surface area contributed by atoms with Gasteiger partial charge in [0.15, 0.2) is 0 Å². The van der Waals surface area contributed by atoms with E-state index in [1.807, 2.05) is 0 Å². The second-order valence-corrected chi connectivity index (χ2v) is 2.93. The highest BCUT2D eigenvalue weighted by atomic mass is 16.5. The Labute approximate surface area is 88.2 Å². The third-order valence-electron chi connectivity index (χ3n) is 1.75. The van der Waals surface area contributed by atoms with Crippen molar-refractivity contribution in [2.24, 2.45) is 0 Å². The molecular formula is C9H16N4O2. The van der Waals surface area contributed by atoms with Crippen LogP contribution in [0.2, 0.25) is 0 Å². The largest absolute Gasteiger partial charge is 0.396 e. The van der Waals surface area contributed by atoms with Crippen molar-refractivity contribution in [2.45, 2.75) is 0 Å². The van der Waals surface area contributed by atoms with Crippen LogP contribution < -0.4 is 16.8 Å². The van der Waals surface area contributed by atoms with Crippen molar-refractivity contribution in [3.05, 3.63) is 12.1 Å². The molecule has 1 aromatic rings. The van der Waals surface area contributed by atoms with E-state index < -0.39 is 0 Å². The number of nitrogens with two attached hydrogens (primary N) is 2. The average Bonchev–Trinajstić information content (AvgIpc) is 2.23. The van der Waals surface area contributed by atoms with Crippen LogP contribution in [-0.4, -0.2) is 36.5 Å². The number of aliphatic hydroxyl groups excluding tert-OH is 1. The Morgan fingerprint density at radius 1 is 1.33 bits per heavy atom. The number of hydrogen-bond donors (Lipinski definition) is 4. The summed E-state index contributed by atoms with van der Waals surface area (Å²) in [6, 6.07) is 3.44. The first-order valence-corrected chi connectivity index (χ1v) is 4.68. The molecule has 1 rings (SSSR count). The van der Waals surface area contributed by atoms with Gasteiger partial charge >= 0.3 is 0 Å². The zero-order chi connectivity index (χ0) is 11.1. The standard InChI is InChI=1S/C9H16N4O2/c10-7-1-2-8(13-9(7)11)12-3-5-15-6-4-14/h1-2,14H,3-6,10H2,(H3,11,12,13). The van der Waals surface area contributed by atoms with Crippen LogP contribution in [0.25, 0.3) is 0 Å². The summed E-state index contributed by atoms with van der Waals surface area (Å²) >= 11 is 0. The van der Waals surface area contributed by atoms with Gasteiger partial charge in [-0.15, -0.1) is 0 Å². The van der Waals surface area contributed by atoms with E-state index in [1.165, 1.54) is 0 Å². The van der Waals surface area contributed by atoms with E-state index in [4.69, 9.17) is 21.3 Å². The van der Waals surface area contributed by atoms with Gasteiger partial charge in [0.25, 0.3) is 0 Å². The number of aromatic nitrogens is 1. The first-order chi connectivity index (χ1) is 7.24. The fourth-order valence-electron chi connectivity index (χ4n) is 1.00.